The Bertz CT molecular complexity index is 715. The molecule has 1 heterocycles. The van der Waals surface area contributed by atoms with Crippen LogP contribution >= 0.6 is 0 Å². The molecule has 5 nitrogen and oxygen atoms in total. The highest BCUT2D eigenvalue weighted by atomic mass is 16.2. The fourth-order valence-electron chi connectivity index (χ4n) is 2.86. The molecule has 2 amide bonds. The molecule has 0 saturated heterocycles. The van der Waals surface area contributed by atoms with Gasteiger partial charge in [0, 0.05) is 12.2 Å². The second-order valence-electron chi connectivity index (χ2n) is 5.43. The van der Waals surface area contributed by atoms with Crippen molar-refractivity contribution in [2.75, 3.05) is 22.1 Å². The molecule has 2 aromatic rings. The summed E-state index contributed by atoms with van der Waals surface area (Å²) in [6, 6.07) is 16.4. The first-order valence-electron chi connectivity index (χ1n) is 7.70. The number of hydrogen-bond acceptors (Lipinski definition) is 3. The summed E-state index contributed by atoms with van der Waals surface area (Å²) in [7, 11) is 0. The summed E-state index contributed by atoms with van der Waals surface area (Å²) in [6.07, 6.45) is 0.114. The fraction of sp³-hybridized carbons (Fsp3) is 0.222. The third-order valence-electron chi connectivity index (χ3n) is 3.93. The minimum absolute atomic E-state index is 0.114. The van der Waals surface area contributed by atoms with Gasteiger partial charge in [0.05, 0.1) is 17.8 Å². The van der Waals surface area contributed by atoms with Gasteiger partial charge in [-0.05, 0) is 31.2 Å². The standard InChI is InChI=1S/C18H19N3O2/c1-2-21-15-11-7-6-10-14(15)20-18(23)16(21)12-17(22)19-13-8-4-3-5-9-13/h3-11,16H,2,12H2,1H3,(H,19,22)(H,20,23)/t16-/m1/s1. The third kappa shape index (κ3) is 3.18. The number of carbonyl (C=O) groups excluding carboxylic acids is 2. The Hall–Kier alpha value is -2.82. The predicted molar refractivity (Wildman–Crippen MR) is 91.6 cm³/mol. The van der Waals surface area contributed by atoms with Crippen LogP contribution in [0.15, 0.2) is 54.6 Å². The number of fused-ring (bicyclic) bond motifs is 1. The Morgan fingerprint density at radius 3 is 2.57 bits per heavy atom. The molecule has 3 rings (SSSR count). The molecule has 1 aliphatic rings. The number of carbonyl (C=O) groups is 2. The highest BCUT2D eigenvalue weighted by molar-refractivity contribution is 6.06. The van der Waals surface area contributed by atoms with Crippen LogP contribution in [0.2, 0.25) is 0 Å². The molecule has 1 atom stereocenters. The zero-order valence-electron chi connectivity index (χ0n) is 13.0. The fourth-order valence-corrected chi connectivity index (χ4v) is 2.86. The Balaban J connectivity index is 1.76. The molecule has 0 aromatic heterocycles. The average molecular weight is 309 g/mol. The zero-order valence-corrected chi connectivity index (χ0v) is 13.0. The van der Waals surface area contributed by atoms with Crippen molar-refractivity contribution < 1.29 is 9.59 Å². The maximum atomic E-state index is 12.4. The van der Waals surface area contributed by atoms with Gasteiger partial charge in [-0.1, -0.05) is 30.3 Å². The van der Waals surface area contributed by atoms with Crippen LogP contribution in [0.1, 0.15) is 13.3 Å². The predicted octanol–water partition coefficient (Wildman–Crippen LogP) is 2.86. The maximum Gasteiger partial charge on any atom is 0.247 e. The number of benzene rings is 2. The summed E-state index contributed by atoms with van der Waals surface area (Å²) in [5, 5.41) is 5.72. The molecule has 2 N–H and O–H groups in total. The maximum absolute atomic E-state index is 12.4. The molecule has 23 heavy (non-hydrogen) atoms. The van der Waals surface area contributed by atoms with Gasteiger partial charge in [-0.3, -0.25) is 9.59 Å². The van der Waals surface area contributed by atoms with Crippen molar-refractivity contribution in [3.05, 3.63) is 54.6 Å². The van der Waals surface area contributed by atoms with E-state index < -0.39 is 6.04 Å². The highest BCUT2D eigenvalue weighted by Gasteiger charge is 2.33. The lowest BCUT2D eigenvalue weighted by Gasteiger charge is -2.37. The van der Waals surface area contributed by atoms with Gasteiger partial charge >= 0.3 is 0 Å². The minimum atomic E-state index is -0.501. The third-order valence-corrected chi connectivity index (χ3v) is 3.93. The van der Waals surface area contributed by atoms with E-state index in [0.29, 0.717) is 6.54 Å². The van der Waals surface area contributed by atoms with Gasteiger partial charge in [-0.15, -0.1) is 0 Å². The average Bonchev–Trinajstić information content (AvgIpc) is 2.56. The number of nitrogens with one attached hydrogen (secondary N) is 2. The van der Waals surface area contributed by atoms with E-state index in [1.165, 1.54) is 0 Å². The largest absolute Gasteiger partial charge is 0.358 e. The monoisotopic (exact) mass is 309 g/mol. The number of rotatable bonds is 4. The van der Waals surface area contributed by atoms with Crippen molar-refractivity contribution >= 4 is 28.9 Å². The molecular formula is C18H19N3O2. The lowest BCUT2D eigenvalue weighted by atomic mass is 10.0. The van der Waals surface area contributed by atoms with Crippen LogP contribution in [0.5, 0.6) is 0 Å². The first kappa shape index (κ1) is 15.1. The molecule has 0 bridgehead atoms. The number of amides is 2. The van der Waals surface area contributed by atoms with Gasteiger partial charge in [0.25, 0.3) is 0 Å². The van der Waals surface area contributed by atoms with Crippen molar-refractivity contribution in [3.63, 3.8) is 0 Å². The zero-order chi connectivity index (χ0) is 16.2. The van der Waals surface area contributed by atoms with Crippen LogP contribution in [0, 0.1) is 0 Å². The quantitative estimate of drug-likeness (QED) is 0.913. The lowest BCUT2D eigenvalue weighted by molar-refractivity contribution is -0.122. The van der Waals surface area contributed by atoms with Crippen molar-refractivity contribution in [1.82, 2.24) is 0 Å². The summed E-state index contributed by atoms with van der Waals surface area (Å²) in [5.41, 5.74) is 2.48. The van der Waals surface area contributed by atoms with Crippen molar-refractivity contribution in [3.8, 4) is 0 Å². The molecule has 0 saturated carbocycles. The Morgan fingerprint density at radius 1 is 1.13 bits per heavy atom. The normalized spacial score (nSPS) is 16.5. The van der Waals surface area contributed by atoms with Crippen LogP contribution in [0.3, 0.4) is 0 Å². The number of nitrogens with zero attached hydrogens (tertiary/aromatic N) is 1. The summed E-state index contributed by atoms with van der Waals surface area (Å²) < 4.78 is 0. The SMILES string of the molecule is CCN1c2ccccc2NC(=O)[C@H]1CC(=O)Nc1ccccc1. The Kier molecular flexibility index (Phi) is 4.28. The molecule has 0 aliphatic carbocycles. The van der Waals surface area contributed by atoms with Crippen molar-refractivity contribution in [2.24, 2.45) is 0 Å². The van der Waals surface area contributed by atoms with E-state index in [-0.39, 0.29) is 18.2 Å². The molecule has 5 heteroatoms. The number of para-hydroxylation sites is 3. The summed E-state index contributed by atoms with van der Waals surface area (Å²) in [5.74, 6) is -0.317. The van der Waals surface area contributed by atoms with E-state index in [4.69, 9.17) is 0 Å². The van der Waals surface area contributed by atoms with E-state index >= 15 is 0 Å². The molecule has 0 unspecified atom stereocenters. The van der Waals surface area contributed by atoms with Crippen molar-refractivity contribution in [2.45, 2.75) is 19.4 Å². The molecule has 0 fully saturated rings. The molecule has 0 spiro atoms. The van der Waals surface area contributed by atoms with E-state index in [0.717, 1.165) is 17.1 Å². The van der Waals surface area contributed by atoms with E-state index in [1.54, 1.807) is 0 Å². The highest BCUT2D eigenvalue weighted by Crippen LogP contribution is 2.32. The second kappa shape index (κ2) is 6.52. The van der Waals surface area contributed by atoms with Crippen LogP contribution < -0.4 is 15.5 Å². The van der Waals surface area contributed by atoms with Crippen LogP contribution in [-0.4, -0.2) is 24.4 Å². The topological polar surface area (TPSA) is 61.4 Å². The Morgan fingerprint density at radius 2 is 1.83 bits per heavy atom. The second-order valence-corrected chi connectivity index (χ2v) is 5.43. The van der Waals surface area contributed by atoms with Gasteiger partial charge < -0.3 is 15.5 Å². The first-order valence-corrected chi connectivity index (χ1v) is 7.70. The van der Waals surface area contributed by atoms with E-state index in [2.05, 4.69) is 10.6 Å². The number of hydrogen-bond donors (Lipinski definition) is 2. The molecular weight excluding hydrogens is 290 g/mol. The van der Waals surface area contributed by atoms with Gasteiger partial charge in [-0.25, -0.2) is 0 Å². The van der Waals surface area contributed by atoms with Crippen LogP contribution in [0.4, 0.5) is 17.1 Å². The van der Waals surface area contributed by atoms with Gasteiger partial charge in [0.15, 0.2) is 0 Å². The summed E-state index contributed by atoms with van der Waals surface area (Å²) >= 11 is 0. The van der Waals surface area contributed by atoms with E-state index in [9.17, 15) is 9.59 Å². The Labute approximate surface area is 135 Å². The summed E-state index contributed by atoms with van der Waals surface area (Å²) in [6.45, 7) is 2.64. The van der Waals surface area contributed by atoms with E-state index in [1.807, 2.05) is 66.4 Å². The van der Waals surface area contributed by atoms with Crippen molar-refractivity contribution in [1.29, 1.82) is 0 Å². The minimum Gasteiger partial charge on any atom is -0.358 e. The number of anilines is 3. The number of likely N-dealkylation sites (N-methyl/N-ethyl adjacent to an activating group) is 1. The van der Waals surface area contributed by atoms with Gasteiger partial charge in [0.1, 0.15) is 6.04 Å². The molecule has 2 aromatic carbocycles. The van der Waals surface area contributed by atoms with Crippen LogP contribution in [-0.2, 0) is 9.59 Å². The first-order chi connectivity index (χ1) is 11.2. The molecule has 118 valence electrons. The van der Waals surface area contributed by atoms with Gasteiger partial charge in [-0.2, -0.15) is 0 Å². The smallest absolute Gasteiger partial charge is 0.247 e. The summed E-state index contributed by atoms with van der Waals surface area (Å²) in [4.78, 5) is 26.6. The van der Waals surface area contributed by atoms with Crippen LogP contribution in [0.25, 0.3) is 0 Å². The molecule has 1 aliphatic heterocycles. The van der Waals surface area contributed by atoms with Gasteiger partial charge in [0.2, 0.25) is 11.8 Å². The lowest BCUT2D eigenvalue weighted by Crippen LogP contribution is -2.49. The molecule has 0 radical (unpaired) electrons.